The van der Waals surface area contributed by atoms with Crippen LogP contribution in [0.5, 0.6) is 0 Å². The van der Waals surface area contributed by atoms with E-state index in [2.05, 4.69) is 39.9 Å². The standard InChI is InChI=1S/C12H17BrN2/c1-9-3-2-4-15(9)8-10-5-11(13)7-12(14)6-10/h5-7,9H,2-4,8,14H2,1H3. The molecule has 0 aliphatic carbocycles. The van der Waals surface area contributed by atoms with Gasteiger partial charge in [0.05, 0.1) is 0 Å². The topological polar surface area (TPSA) is 29.3 Å². The summed E-state index contributed by atoms with van der Waals surface area (Å²) in [5.74, 6) is 0. The fraction of sp³-hybridized carbons (Fsp3) is 0.500. The van der Waals surface area contributed by atoms with Gasteiger partial charge in [0.25, 0.3) is 0 Å². The fourth-order valence-electron chi connectivity index (χ4n) is 2.23. The van der Waals surface area contributed by atoms with E-state index >= 15 is 0 Å². The maximum absolute atomic E-state index is 5.82. The summed E-state index contributed by atoms with van der Waals surface area (Å²) in [6, 6.07) is 6.87. The van der Waals surface area contributed by atoms with Gasteiger partial charge in [-0.25, -0.2) is 0 Å². The molecule has 1 unspecified atom stereocenters. The van der Waals surface area contributed by atoms with Crippen molar-refractivity contribution >= 4 is 21.6 Å². The average molecular weight is 269 g/mol. The molecule has 2 N–H and O–H groups in total. The van der Waals surface area contributed by atoms with Gasteiger partial charge in [-0.2, -0.15) is 0 Å². The number of hydrogen-bond donors (Lipinski definition) is 1. The molecule has 0 spiro atoms. The third-order valence-corrected chi connectivity index (χ3v) is 3.51. The molecule has 2 rings (SSSR count). The van der Waals surface area contributed by atoms with Gasteiger partial charge in [0, 0.05) is 22.7 Å². The van der Waals surface area contributed by atoms with Gasteiger partial charge in [-0.3, -0.25) is 4.90 Å². The van der Waals surface area contributed by atoms with Crippen molar-refractivity contribution in [1.29, 1.82) is 0 Å². The van der Waals surface area contributed by atoms with Gasteiger partial charge < -0.3 is 5.73 Å². The summed E-state index contributed by atoms with van der Waals surface area (Å²) in [4.78, 5) is 2.52. The molecular formula is C12H17BrN2. The molecule has 0 saturated carbocycles. The average Bonchev–Trinajstić information content (AvgIpc) is 2.50. The molecule has 1 heterocycles. The van der Waals surface area contributed by atoms with Crippen LogP contribution in [0.25, 0.3) is 0 Å². The van der Waals surface area contributed by atoms with Crippen molar-refractivity contribution < 1.29 is 0 Å². The van der Waals surface area contributed by atoms with Gasteiger partial charge in [0.2, 0.25) is 0 Å². The summed E-state index contributed by atoms with van der Waals surface area (Å²) in [5, 5.41) is 0. The summed E-state index contributed by atoms with van der Waals surface area (Å²) >= 11 is 3.48. The normalized spacial score (nSPS) is 22.1. The second-order valence-electron chi connectivity index (χ2n) is 4.35. The quantitative estimate of drug-likeness (QED) is 0.836. The Balaban J connectivity index is 2.10. The van der Waals surface area contributed by atoms with Crippen LogP contribution in [0.2, 0.25) is 0 Å². The first kappa shape index (κ1) is 11.0. The summed E-state index contributed by atoms with van der Waals surface area (Å²) in [5.41, 5.74) is 7.96. The Bertz CT molecular complexity index is 331. The van der Waals surface area contributed by atoms with E-state index in [0.29, 0.717) is 6.04 Å². The zero-order valence-corrected chi connectivity index (χ0v) is 10.6. The number of benzene rings is 1. The molecule has 3 heteroatoms. The molecule has 82 valence electrons. The predicted octanol–water partition coefficient (Wildman–Crippen LogP) is 3.02. The number of nitrogens with zero attached hydrogens (tertiary/aromatic N) is 1. The minimum absolute atomic E-state index is 0.713. The SMILES string of the molecule is CC1CCCN1Cc1cc(N)cc(Br)c1. The molecule has 2 nitrogen and oxygen atoms in total. The highest BCUT2D eigenvalue weighted by atomic mass is 79.9. The summed E-state index contributed by atoms with van der Waals surface area (Å²) in [6.45, 7) is 4.53. The second kappa shape index (κ2) is 4.54. The molecule has 1 fully saturated rings. The Labute approximate surface area is 99.6 Å². The van der Waals surface area contributed by atoms with Gasteiger partial charge in [-0.15, -0.1) is 0 Å². The Morgan fingerprint density at radius 1 is 1.47 bits per heavy atom. The first-order chi connectivity index (χ1) is 7.15. The molecule has 0 amide bonds. The molecule has 0 aromatic heterocycles. The number of likely N-dealkylation sites (tertiary alicyclic amines) is 1. The van der Waals surface area contributed by atoms with E-state index in [9.17, 15) is 0 Å². The van der Waals surface area contributed by atoms with Crippen molar-refractivity contribution in [1.82, 2.24) is 4.90 Å². The lowest BCUT2D eigenvalue weighted by atomic mass is 10.2. The molecule has 15 heavy (non-hydrogen) atoms. The fourth-order valence-corrected chi connectivity index (χ4v) is 2.79. The van der Waals surface area contributed by atoms with Crippen LogP contribution in [0.3, 0.4) is 0 Å². The molecule has 1 saturated heterocycles. The van der Waals surface area contributed by atoms with Crippen LogP contribution in [0.15, 0.2) is 22.7 Å². The third kappa shape index (κ3) is 2.73. The number of rotatable bonds is 2. The van der Waals surface area contributed by atoms with Gasteiger partial charge in [0.1, 0.15) is 0 Å². The number of anilines is 1. The van der Waals surface area contributed by atoms with Crippen LogP contribution in [-0.4, -0.2) is 17.5 Å². The molecular weight excluding hydrogens is 252 g/mol. The number of nitrogens with two attached hydrogens (primary N) is 1. The number of hydrogen-bond acceptors (Lipinski definition) is 2. The zero-order valence-electron chi connectivity index (χ0n) is 9.04. The molecule has 1 aliphatic rings. The van der Waals surface area contributed by atoms with Gasteiger partial charge >= 0.3 is 0 Å². The van der Waals surface area contributed by atoms with Crippen LogP contribution >= 0.6 is 15.9 Å². The van der Waals surface area contributed by atoms with Crippen LogP contribution in [-0.2, 0) is 6.54 Å². The van der Waals surface area contributed by atoms with E-state index in [1.807, 2.05) is 6.07 Å². The van der Waals surface area contributed by atoms with E-state index in [1.54, 1.807) is 0 Å². The van der Waals surface area contributed by atoms with Crippen molar-refractivity contribution in [2.45, 2.75) is 32.4 Å². The maximum atomic E-state index is 5.82. The zero-order chi connectivity index (χ0) is 10.8. The molecule has 0 radical (unpaired) electrons. The second-order valence-corrected chi connectivity index (χ2v) is 5.27. The largest absolute Gasteiger partial charge is 0.399 e. The van der Waals surface area contributed by atoms with Crippen molar-refractivity contribution in [2.75, 3.05) is 12.3 Å². The van der Waals surface area contributed by atoms with Gasteiger partial charge in [-0.1, -0.05) is 15.9 Å². The van der Waals surface area contributed by atoms with E-state index in [-0.39, 0.29) is 0 Å². The van der Waals surface area contributed by atoms with Crippen molar-refractivity contribution in [2.24, 2.45) is 0 Å². The Hall–Kier alpha value is -0.540. The maximum Gasteiger partial charge on any atom is 0.0328 e. The third-order valence-electron chi connectivity index (χ3n) is 3.06. The molecule has 1 atom stereocenters. The monoisotopic (exact) mass is 268 g/mol. The minimum Gasteiger partial charge on any atom is -0.399 e. The van der Waals surface area contributed by atoms with Gasteiger partial charge in [0.15, 0.2) is 0 Å². The highest BCUT2D eigenvalue weighted by Gasteiger charge is 2.19. The lowest BCUT2D eigenvalue weighted by molar-refractivity contribution is 0.260. The highest BCUT2D eigenvalue weighted by molar-refractivity contribution is 9.10. The smallest absolute Gasteiger partial charge is 0.0328 e. The number of halogens is 1. The van der Waals surface area contributed by atoms with E-state index < -0.39 is 0 Å². The molecule has 1 aromatic rings. The van der Waals surface area contributed by atoms with Crippen LogP contribution in [0.4, 0.5) is 5.69 Å². The Morgan fingerprint density at radius 2 is 2.27 bits per heavy atom. The minimum atomic E-state index is 0.713. The van der Waals surface area contributed by atoms with Crippen molar-refractivity contribution in [3.05, 3.63) is 28.2 Å². The van der Waals surface area contributed by atoms with E-state index in [1.165, 1.54) is 24.9 Å². The first-order valence-corrected chi connectivity index (χ1v) is 6.23. The summed E-state index contributed by atoms with van der Waals surface area (Å²) in [6.07, 6.45) is 2.65. The van der Waals surface area contributed by atoms with E-state index in [4.69, 9.17) is 5.73 Å². The van der Waals surface area contributed by atoms with Crippen molar-refractivity contribution in [3.63, 3.8) is 0 Å². The molecule has 1 aromatic carbocycles. The number of nitrogen functional groups attached to an aromatic ring is 1. The van der Waals surface area contributed by atoms with Crippen LogP contribution in [0, 0.1) is 0 Å². The molecule has 1 aliphatic heterocycles. The van der Waals surface area contributed by atoms with Crippen LogP contribution < -0.4 is 5.73 Å². The van der Waals surface area contributed by atoms with Crippen LogP contribution in [0.1, 0.15) is 25.3 Å². The van der Waals surface area contributed by atoms with E-state index in [0.717, 1.165) is 16.7 Å². The highest BCUT2D eigenvalue weighted by Crippen LogP contribution is 2.22. The molecule has 0 bridgehead atoms. The van der Waals surface area contributed by atoms with Gasteiger partial charge in [-0.05, 0) is 50.1 Å². The first-order valence-electron chi connectivity index (χ1n) is 5.44. The lowest BCUT2D eigenvalue weighted by Crippen LogP contribution is -2.26. The lowest BCUT2D eigenvalue weighted by Gasteiger charge is -2.21. The Morgan fingerprint density at radius 3 is 2.87 bits per heavy atom. The Kier molecular flexibility index (Phi) is 3.32. The summed E-state index contributed by atoms with van der Waals surface area (Å²) in [7, 11) is 0. The summed E-state index contributed by atoms with van der Waals surface area (Å²) < 4.78 is 1.07. The predicted molar refractivity (Wildman–Crippen MR) is 67.7 cm³/mol. The van der Waals surface area contributed by atoms with Crippen molar-refractivity contribution in [3.8, 4) is 0 Å².